The first-order chi connectivity index (χ1) is 8.65. The van der Waals surface area contributed by atoms with Crippen LogP contribution in [0.3, 0.4) is 0 Å². The number of rotatable bonds is 5. The summed E-state index contributed by atoms with van der Waals surface area (Å²) in [6.45, 7) is 4.07. The zero-order chi connectivity index (χ0) is 13.1. The Morgan fingerprint density at radius 1 is 1.33 bits per heavy atom. The van der Waals surface area contributed by atoms with Gasteiger partial charge in [-0.25, -0.2) is 9.97 Å². The number of aliphatic carboxylic acids is 1. The third-order valence-corrected chi connectivity index (χ3v) is 2.99. The fraction of sp³-hybridized carbons (Fsp3) is 0.462. The Kier molecular flexibility index (Phi) is 3.60. The molecule has 0 amide bonds. The van der Waals surface area contributed by atoms with Crippen LogP contribution in [0.4, 0.5) is 0 Å². The molecular weight excluding hydrogens is 230 g/mol. The summed E-state index contributed by atoms with van der Waals surface area (Å²) < 4.78 is 0. The van der Waals surface area contributed by atoms with Crippen molar-refractivity contribution < 1.29 is 9.90 Å². The Bertz CT molecular complexity index is 575. The fourth-order valence-corrected chi connectivity index (χ4v) is 2.08. The van der Waals surface area contributed by atoms with E-state index in [1.165, 1.54) is 0 Å². The summed E-state index contributed by atoms with van der Waals surface area (Å²) in [4.78, 5) is 22.7. The number of H-pyrrole nitrogens is 1. The molecule has 2 aromatic rings. The SMILES string of the molecule is CCc1nc(CC)c2c(CCC(=O)O)c[nH]c2n1. The van der Waals surface area contributed by atoms with E-state index in [2.05, 4.69) is 21.9 Å². The van der Waals surface area contributed by atoms with Crippen LogP contribution in [0.5, 0.6) is 0 Å². The molecule has 0 aromatic carbocycles. The van der Waals surface area contributed by atoms with Crippen molar-refractivity contribution in [3.05, 3.63) is 23.3 Å². The molecule has 2 heterocycles. The maximum absolute atomic E-state index is 10.6. The quantitative estimate of drug-likeness (QED) is 0.848. The number of hydrogen-bond donors (Lipinski definition) is 2. The molecule has 0 aliphatic carbocycles. The van der Waals surface area contributed by atoms with E-state index in [4.69, 9.17) is 5.11 Å². The zero-order valence-corrected chi connectivity index (χ0v) is 10.7. The van der Waals surface area contributed by atoms with Crippen molar-refractivity contribution in [2.24, 2.45) is 0 Å². The first kappa shape index (κ1) is 12.5. The lowest BCUT2D eigenvalue weighted by atomic mass is 10.1. The van der Waals surface area contributed by atoms with Crippen LogP contribution < -0.4 is 0 Å². The molecule has 0 atom stereocenters. The smallest absolute Gasteiger partial charge is 0.303 e. The van der Waals surface area contributed by atoms with E-state index in [-0.39, 0.29) is 6.42 Å². The summed E-state index contributed by atoms with van der Waals surface area (Å²) in [6, 6.07) is 0. The second-order valence-corrected chi connectivity index (χ2v) is 4.22. The van der Waals surface area contributed by atoms with Gasteiger partial charge in [0.2, 0.25) is 0 Å². The molecule has 0 aliphatic heterocycles. The van der Waals surface area contributed by atoms with E-state index < -0.39 is 5.97 Å². The van der Waals surface area contributed by atoms with Crippen molar-refractivity contribution in [2.45, 2.75) is 39.5 Å². The topological polar surface area (TPSA) is 78.9 Å². The predicted molar refractivity (Wildman–Crippen MR) is 68.6 cm³/mol. The Morgan fingerprint density at radius 3 is 2.72 bits per heavy atom. The second-order valence-electron chi connectivity index (χ2n) is 4.22. The molecule has 5 heteroatoms. The molecule has 0 spiro atoms. The molecular formula is C13H17N3O2. The molecule has 0 aliphatic rings. The van der Waals surface area contributed by atoms with E-state index in [1.54, 1.807) is 0 Å². The van der Waals surface area contributed by atoms with Gasteiger partial charge in [0.05, 0.1) is 5.69 Å². The normalized spacial score (nSPS) is 11.0. The highest BCUT2D eigenvalue weighted by Crippen LogP contribution is 2.22. The molecule has 5 nitrogen and oxygen atoms in total. The molecule has 96 valence electrons. The number of aryl methyl sites for hydroxylation is 3. The van der Waals surface area contributed by atoms with Gasteiger partial charge in [-0.1, -0.05) is 13.8 Å². The van der Waals surface area contributed by atoms with Crippen molar-refractivity contribution in [1.29, 1.82) is 0 Å². The standard InChI is InChI=1S/C13H17N3O2/c1-3-9-12-8(5-6-11(17)18)7-14-13(12)16-10(4-2)15-9/h7H,3-6H2,1-2H3,(H,17,18)(H,14,15,16). The minimum absolute atomic E-state index is 0.131. The van der Waals surface area contributed by atoms with Crippen molar-refractivity contribution in [2.75, 3.05) is 0 Å². The van der Waals surface area contributed by atoms with Crippen LogP contribution in [-0.4, -0.2) is 26.0 Å². The van der Waals surface area contributed by atoms with Crippen molar-refractivity contribution in [1.82, 2.24) is 15.0 Å². The van der Waals surface area contributed by atoms with Crippen LogP contribution in [0.1, 0.15) is 37.4 Å². The molecule has 18 heavy (non-hydrogen) atoms. The summed E-state index contributed by atoms with van der Waals surface area (Å²) in [5.41, 5.74) is 2.81. The van der Waals surface area contributed by atoms with Crippen LogP contribution in [0.25, 0.3) is 11.0 Å². The minimum atomic E-state index is -0.784. The van der Waals surface area contributed by atoms with E-state index in [9.17, 15) is 4.79 Å². The first-order valence-corrected chi connectivity index (χ1v) is 6.23. The third kappa shape index (κ3) is 2.34. The Balaban J connectivity index is 2.46. The number of carboxylic acid groups (broad SMARTS) is 1. The molecule has 0 saturated carbocycles. The molecule has 2 N–H and O–H groups in total. The van der Waals surface area contributed by atoms with Gasteiger partial charge in [0.1, 0.15) is 11.5 Å². The number of nitrogens with one attached hydrogen (secondary N) is 1. The maximum atomic E-state index is 10.6. The van der Waals surface area contributed by atoms with Gasteiger partial charge in [0, 0.05) is 24.4 Å². The van der Waals surface area contributed by atoms with E-state index >= 15 is 0 Å². The van der Waals surface area contributed by atoms with E-state index in [1.807, 2.05) is 13.1 Å². The van der Waals surface area contributed by atoms with Gasteiger partial charge in [-0.05, 0) is 18.4 Å². The summed E-state index contributed by atoms with van der Waals surface area (Å²) in [5.74, 6) is 0.0412. The van der Waals surface area contributed by atoms with Gasteiger partial charge in [-0.15, -0.1) is 0 Å². The van der Waals surface area contributed by atoms with E-state index in [0.717, 1.165) is 41.0 Å². The Labute approximate surface area is 105 Å². The predicted octanol–water partition coefficient (Wildman–Crippen LogP) is 2.10. The molecule has 0 radical (unpaired) electrons. The van der Waals surface area contributed by atoms with Crippen LogP contribution in [-0.2, 0) is 24.1 Å². The van der Waals surface area contributed by atoms with Crippen LogP contribution in [0.2, 0.25) is 0 Å². The highest BCUT2D eigenvalue weighted by molar-refractivity contribution is 5.83. The van der Waals surface area contributed by atoms with E-state index in [0.29, 0.717) is 6.42 Å². The summed E-state index contributed by atoms with van der Waals surface area (Å²) in [5, 5.41) is 9.75. The van der Waals surface area contributed by atoms with Crippen LogP contribution >= 0.6 is 0 Å². The highest BCUT2D eigenvalue weighted by Gasteiger charge is 2.12. The number of fused-ring (bicyclic) bond motifs is 1. The Hall–Kier alpha value is -1.91. The van der Waals surface area contributed by atoms with Gasteiger partial charge in [0.15, 0.2) is 0 Å². The minimum Gasteiger partial charge on any atom is -0.481 e. The van der Waals surface area contributed by atoms with Crippen molar-refractivity contribution in [3.63, 3.8) is 0 Å². The maximum Gasteiger partial charge on any atom is 0.303 e. The number of carboxylic acids is 1. The van der Waals surface area contributed by atoms with Gasteiger partial charge in [-0.2, -0.15) is 0 Å². The lowest BCUT2D eigenvalue weighted by Crippen LogP contribution is -2.01. The summed E-state index contributed by atoms with van der Waals surface area (Å²) in [6.07, 6.45) is 4.11. The number of hydrogen-bond acceptors (Lipinski definition) is 3. The number of nitrogens with zero attached hydrogens (tertiary/aromatic N) is 2. The highest BCUT2D eigenvalue weighted by atomic mass is 16.4. The molecule has 0 bridgehead atoms. The zero-order valence-electron chi connectivity index (χ0n) is 10.7. The lowest BCUT2D eigenvalue weighted by molar-refractivity contribution is -0.136. The van der Waals surface area contributed by atoms with Crippen LogP contribution in [0.15, 0.2) is 6.20 Å². The molecule has 0 saturated heterocycles. The molecule has 2 rings (SSSR count). The molecule has 2 aromatic heterocycles. The number of carbonyl (C=O) groups is 1. The van der Waals surface area contributed by atoms with Crippen molar-refractivity contribution in [3.8, 4) is 0 Å². The average molecular weight is 247 g/mol. The first-order valence-electron chi connectivity index (χ1n) is 6.23. The summed E-state index contributed by atoms with van der Waals surface area (Å²) in [7, 11) is 0. The average Bonchev–Trinajstić information content (AvgIpc) is 2.78. The Morgan fingerprint density at radius 2 is 2.11 bits per heavy atom. The van der Waals surface area contributed by atoms with Crippen LogP contribution in [0, 0.1) is 0 Å². The largest absolute Gasteiger partial charge is 0.481 e. The fourth-order valence-electron chi connectivity index (χ4n) is 2.08. The monoisotopic (exact) mass is 247 g/mol. The van der Waals surface area contributed by atoms with Gasteiger partial charge >= 0.3 is 5.97 Å². The third-order valence-electron chi connectivity index (χ3n) is 2.99. The van der Waals surface area contributed by atoms with Gasteiger partial charge in [-0.3, -0.25) is 4.79 Å². The van der Waals surface area contributed by atoms with Gasteiger partial charge in [0.25, 0.3) is 0 Å². The van der Waals surface area contributed by atoms with Crippen molar-refractivity contribution >= 4 is 17.0 Å². The molecule has 0 fully saturated rings. The second kappa shape index (κ2) is 5.16. The number of aromatic nitrogens is 3. The molecule has 0 unspecified atom stereocenters. The number of aromatic amines is 1. The lowest BCUT2D eigenvalue weighted by Gasteiger charge is -2.04. The summed E-state index contributed by atoms with van der Waals surface area (Å²) >= 11 is 0. The van der Waals surface area contributed by atoms with Gasteiger partial charge < -0.3 is 10.1 Å².